The first-order valence-corrected chi connectivity index (χ1v) is 12.9. The molecule has 0 atom stereocenters. The van der Waals surface area contributed by atoms with E-state index in [1.807, 2.05) is 54.3 Å². The zero-order chi connectivity index (χ0) is 25.4. The van der Waals surface area contributed by atoms with Crippen molar-refractivity contribution in [3.05, 3.63) is 88.3 Å². The van der Waals surface area contributed by atoms with Gasteiger partial charge in [0.1, 0.15) is 5.82 Å². The molecule has 0 radical (unpaired) electrons. The van der Waals surface area contributed by atoms with Crippen LogP contribution in [0, 0.1) is 6.92 Å². The number of amides is 1. The van der Waals surface area contributed by atoms with Crippen LogP contribution in [0.2, 0.25) is 0 Å². The minimum Gasteiger partial charge on any atom is -0.353 e. The van der Waals surface area contributed by atoms with Gasteiger partial charge in [-0.15, -0.1) is 0 Å². The minimum atomic E-state index is -0.112. The van der Waals surface area contributed by atoms with Gasteiger partial charge in [-0.25, -0.2) is 14.5 Å². The molecule has 37 heavy (non-hydrogen) atoms. The van der Waals surface area contributed by atoms with E-state index in [4.69, 9.17) is 4.98 Å². The number of carbonyl (C=O) groups excluding carboxylic acids is 1. The lowest BCUT2D eigenvalue weighted by Crippen LogP contribution is -2.49. The molecule has 2 aliphatic heterocycles. The minimum absolute atomic E-state index is 0.0326. The number of piperazine rings is 1. The van der Waals surface area contributed by atoms with Gasteiger partial charge in [-0.05, 0) is 62.2 Å². The number of nitrogens with zero attached hydrogens (tertiary/aromatic N) is 6. The molecule has 188 valence electrons. The van der Waals surface area contributed by atoms with Gasteiger partial charge in [0.15, 0.2) is 0 Å². The fourth-order valence-corrected chi connectivity index (χ4v) is 5.22. The fraction of sp³-hybridized carbons (Fsp3) is 0.310. The number of hydrogen-bond acceptors (Lipinski definition) is 6. The van der Waals surface area contributed by atoms with Gasteiger partial charge >= 0.3 is 0 Å². The van der Waals surface area contributed by atoms with Crippen LogP contribution in [0.25, 0.3) is 16.6 Å². The summed E-state index contributed by atoms with van der Waals surface area (Å²) in [5.74, 6) is 1.55. The second-order valence-corrected chi connectivity index (χ2v) is 9.78. The summed E-state index contributed by atoms with van der Waals surface area (Å²) in [6.07, 6.45) is 3.94. The number of fused-ring (bicyclic) bond motifs is 1. The summed E-state index contributed by atoms with van der Waals surface area (Å²) in [5.41, 5.74) is 2.95. The van der Waals surface area contributed by atoms with Crippen LogP contribution in [0.1, 0.15) is 28.8 Å². The monoisotopic (exact) mass is 494 g/mol. The van der Waals surface area contributed by atoms with Crippen LogP contribution < -0.4 is 15.4 Å². The van der Waals surface area contributed by atoms with Gasteiger partial charge in [-0.3, -0.25) is 9.59 Å². The number of hydrogen-bond donors (Lipinski definition) is 0. The van der Waals surface area contributed by atoms with E-state index < -0.39 is 0 Å². The summed E-state index contributed by atoms with van der Waals surface area (Å²) in [4.78, 5) is 42.8. The Morgan fingerprint density at radius 3 is 2.30 bits per heavy atom. The van der Waals surface area contributed by atoms with Crippen LogP contribution in [0.15, 0.2) is 71.7 Å². The highest BCUT2D eigenvalue weighted by atomic mass is 16.2. The van der Waals surface area contributed by atoms with Crippen LogP contribution in [-0.4, -0.2) is 64.6 Å². The molecule has 0 spiro atoms. The first-order chi connectivity index (χ1) is 18.1. The van der Waals surface area contributed by atoms with Crippen LogP contribution >= 0.6 is 0 Å². The fourth-order valence-electron chi connectivity index (χ4n) is 5.22. The van der Waals surface area contributed by atoms with E-state index in [0.717, 1.165) is 56.1 Å². The van der Waals surface area contributed by atoms with Gasteiger partial charge < -0.3 is 14.7 Å². The smallest absolute Gasteiger partial charge is 0.267 e. The topological polar surface area (TPSA) is 74.6 Å². The van der Waals surface area contributed by atoms with E-state index in [-0.39, 0.29) is 11.5 Å². The molecule has 1 amide bonds. The summed E-state index contributed by atoms with van der Waals surface area (Å²) in [6.45, 7) is 6.46. The average molecular weight is 495 g/mol. The third-order valence-electron chi connectivity index (χ3n) is 7.32. The van der Waals surface area contributed by atoms with Crippen molar-refractivity contribution < 1.29 is 4.79 Å². The molecule has 2 saturated heterocycles. The first kappa shape index (κ1) is 23.2. The molecule has 2 aliphatic rings. The molecule has 4 aromatic rings. The first-order valence-electron chi connectivity index (χ1n) is 12.9. The molecule has 0 N–H and O–H groups in total. The Hall–Kier alpha value is -4.20. The molecule has 8 nitrogen and oxygen atoms in total. The summed E-state index contributed by atoms with van der Waals surface area (Å²) in [5, 5.41) is 0.514. The quantitative estimate of drug-likeness (QED) is 0.431. The van der Waals surface area contributed by atoms with Gasteiger partial charge in [-0.2, -0.15) is 0 Å². The summed E-state index contributed by atoms with van der Waals surface area (Å²) >= 11 is 0. The second-order valence-electron chi connectivity index (χ2n) is 9.78. The lowest BCUT2D eigenvalue weighted by atomic mass is 10.1. The largest absolute Gasteiger partial charge is 0.353 e. The van der Waals surface area contributed by atoms with Crippen LogP contribution in [-0.2, 0) is 0 Å². The maximum Gasteiger partial charge on any atom is 0.267 e. The van der Waals surface area contributed by atoms with Crippen molar-refractivity contribution >= 4 is 28.6 Å². The Labute approximate surface area is 215 Å². The highest BCUT2D eigenvalue weighted by molar-refractivity contribution is 5.98. The Bertz CT molecular complexity index is 1490. The van der Waals surface area contributed by atoms with Gasteiger partial charge in [0.05, 0.1) is 16.6 Å². The summed E-state index contributed by atoms with van der Waals surface area (Å²) < 4.78 is 1.71. The molecule has 2 aromatic carbocycles. The highest BCUT2D eigenvalue weighted by Gasteiger charge is 2.25. The van der Waals surface area contributed by atoms with Crippen LogP contribution in [0.5, 0.6) is 0 Å². The number of pyridine rings is 1. The van der Waals surface area contributed by atoms with Crippen molar-refractivity contribution in [2.75, 3.05) is 49.1 Å². The van der Waals surface area contributed by atoms with E-state index >= 15 is 0 Å². The van der Waals surface area contributed by atoms with E-state index in [1.165, 1.54) is 0 Å². The molecular weight excluding hydrogens is 464 g/mol. The SMILES string of the molecule is Cc1ccc(-n2c(N3CCCC3)nc3cc(C(=O)N4CCN(c5ccccn5)CC4)ccc3c2=O)cc1. The van der Waals surface area contributed by atoms with Crippen LogP contribution in [0.4, 0.5) is 11.8 Å². The number of aromatic nitrogens is 3. The van der Waals surface area contributed by atoms with Gasteiger partial charge in [0, 0.05) is 51.0 Å². The van der Waals surface area contributed by atoms with Gasteiger partial charge in [0.2, 0.25) is 5.95 Å². The van der Waals surface area contributed by atoms with Crippen molar-refractivity contribution in [2.45, 2.75) is 19.8 Å². The maximum atomic E-state index is 13.7. The van der Waals surface area contributed by atoms with E-state index in [1.54, 1.807) is 29.0 Å². The third-order valence-corrected chi connectivity index (χ3v) is 7.32. The molecule has 0 saturated carbocycles. The zero-order valence-electron chi connectivity index (χ0n) is 21.0. The molecule has 0 bridgehead atoms. The normalized spacial score (nSPS) is 16.0. The number of anilines is 2. The van der Waals surface area contributed by atoms with Crippen molar-refractivity contribution in [3.8, 4) is 5.69 Å². The van der Waals surface area contributed by atoms with E-state index in [2.05, 4.69) is 14.8 Å². The van der Waals surface area contributed by atoms with Crippen LogP contribution in [0.3, 0.4) is 0 Å². The standard InChI is InChI=1S/C29H30N6O2/c1-21-7-10-23(11-8-21)35-28(37)24-12-9-22(20-25(24)31-29(35)34-14-4-5-15-34)27(36)33-18-16-32(17-19-33)26-6-2-3-13-30-26/h2-3,6-13,20H,4-5,14-19H2,1H3. The Kier molecular flexibility index (Phi) is 6.08. The molecule has 4 heterocycles. The summed E-state index contributed by atoms with van der Waals surface area (Å²) in [7, 11) is 0. The molecule has 0 unspecified atom stereocenters. The molecule has 6 rings (SSSR count). The predicted octanol–water partition coefficient (Wildman–Crippen LogP) is 3.65. The molecule has 0 aliphatic carbocycles. The maximum absolute atomic E-state index is 13.7. The van der Waals surface area contributed by atoms with Crippen molar-refractivity contribution in [2.24, 2.45) is 0 Å². The Morgan fingerprint density at radius 2 is 1.59 bits per heavy atom. The number of aryl methyl sites for hydroxylation is 1. The molecule has 8 heteroatoms. The van der Waals surface area contributed by atoms with Crippen molar-refractivity contribution in [1.82, 2.24) is 19.4 Å². The van der Waals surface area contributed by atoms with Crippen molar-refractivity contribution in [1.29, 1.82) is 0 Å². The lowest BCUT2D eigenvalue weighted by molar-refractivity contribution is 0.0746. The average Bonchev–Trinajstić information content (AvgIpc) is 3.49. The highest BCUT2D eigenvalue weighted by Crippen LogP contribution is 2.24. The lowest BCUT2D eigenvalue weighted by Gasteiger charge is -2.35. The molecular formula is C29H30N6O2. The number of carbonyl (C=O) groups is 1. The van der Waals surface area contributed by atoms with Gasteiger partial charge in [0.25, 0.3) is 11.5 Å². The van der Waals surface area contributed by atoms with E-state index in [9.17, 15) is 9.59 Å². The van der Waals surface area contributed by atoms with Crippen molar-refractivity contribution in [3.63, 3.8) is 0 Å². The third kappa shape index (κ3) is 4.43. The Morgan fingerprint density at radius 1 is 0.838 bits per heavy atom. The Balaban J connectivity index is 1.32. The number of rotatable bonds is 4. The number of benzene rings is 2. The summed E-state index contributed by atoms with van der Waals surface area (Å²) in [6, 6.07) is 19.1. The zero-order valence-corrected chi connectivity index (χ0v) is 21.0. The van der Waals surface area contributed by atoms with E-state index in [0.29, 0.717) is 35.5 Å². The second kappa shape index (κ2) is 9.69. The molecule has 2 aromatic heterocycles. The predicted molar refractivity (Wildman–Crippen MR) is 146 cm³/mol. The molecule has 2 fully saturated rings. The van der Waals surface area contributed by atoms with Gasteiger partial charge in [-0.1, -0.05) is 23.8 Å².